The summed E-state index contributed by atoms with van der Waals surface area (Å²) < 4.78 is 0. The van der Waals surface area contributed by atoms with Gasteiger partial charge in [-0.1, -0.05) is 13.3 Å². The van der Waals surface area contributed by atoms with Gasteiger partial charge < -0.3 is 26.6 Å². The van der Waals surface area contributed by atoms with E-state index in [0.717, 1.165) is 0 Å². The number of thiol groups is 1. The highest BCUT2D eigenvalue weighted by Crippen LogP contribution is 2.00. The van der Waals surface area contributed by atoms with Crippen LogP contribution in [-0.4, -0.2) is 57.8 Å². The molecule has 6 N–H and O–H groups in total. The van der Waals surface area contributed by atoms with Gasteiger partial charge in [-0.25, -0.2) is 4.79 Å². The van der Waals surface area contributed by atoms with Crippen LogP contribution >= 0.6 is 12.6 Å². The Balaban J connectivity index is 4.51. The molecule has 0 aliphatic carbocycles. The monoisotopic (exact) mass is 349 g/mol. The molecule has 3 atom stereocenters. The smallest absolute Gasteiger partial charge is 0.326 e. The third-order valence-electron chi connectivity index (χ3n) is 3.03. The van der Waals surface area contributed by atoms with Crippen LogP contribution in [0.2, 0.25) is 0 Å². The SMILES string of the molecule is CCCC(NC(=O)C(CS)NC(=O)CCC(N)C(=O)O)C(=O)O. The highest BCUT2D eigenvalue weighted by Gasteiger charge is 2.25. The zero-order valence-corrected chi connectivity index (χ0v) is 13.7. The standard InChI is InChI=1S/C13H23N3O6S/c1-2-3-8(13(21)22)16-11(18)9(6-23)15-10(17)5-4-7(14)12(19)20/h7-9,23H,2-6,14H2,1H3,(H,15,17)(H,16,18)(H,19,20)(H,21,22). The summed E-state index contributed by atoms with van der Waals surface area (Å²) in [5.74, 6) is -3.61. The van der Waals surface area contributed by atoms with Crippen LogP contribution in [0.4, 0.5) is 0 Å². The Morgan fingerprint density at radius 3 is 2.09 bits per heavy atom. The van der Waals surface area contributed by atoms with Crippen LogP contribution in [0.1, 0.15) is 32.6 Å². The van der Waals surface area contributed by atoms with Gasteiger partial charge in [0, 0.05) is 12.2 Å². The lowest BCUT2D eigenvalue weighted by Gasteiger charge is -2.20. The highest BCUT2D eigenvalue weighted by atomic mass is 32.1. The molecule has 0 saturated heterocycles. The van der Waals surface area contributed by atoms with Crippen LogP contribution in [0, 0.1) is 0 Å². The molecule has 10 heteroatoms. The maximum atomic E-state index is 12.0. The number of rotatable bonds is 11. The molecule has 132 valence electrons. The van der Waals surface area contributed by atoms with Crippen molar-refractivity contribution in [3.05, 3.63) is 0 Å². The molecule has 0 saturated carbocycles. The lowest BCUT2D eigenvalue weighted by molar-refractivity contribution is -0.142. The van der Waals surface area contributed by atoms with Crippen LogP contribution in [0.5, 0.6) is 0 Å². The molecule has 0 heterocycles. The Morgan fingerprint density at radius 1 is 1.04 bits per heavy atom. The fourth-order valence-electron chi connectivity index (χ4n) is 1.69. The molecule has 9 nitrogen and oxygen atoms in total. The maximum Gasteiger partial charge on any atom is 0.326 e. The van der Waals surface area contributed by atoms with Crippen LogP contribution in [-0.2, 0) is 19.2 Å². The molecular formula is C13H23N3O6S. The minimum atomic E-state index is -1.22. The Kier molecular flexibility index (Phi) is 9.99. The fourth-order valence-corrected chi connectivity index (χ4v) is 1.95. The van der Waals surface area contributed by atoms with E-state index in [4.69, 9.17) is 15.9 Å². The minimum Gasteiger partial charge on any atom is -0.480 e. The van der Waals surface area contributed by atoms with Crippen molar-refractivity contribution in [3.8, 4) is 0 Å². The normalized spacial score (nSPS) is 14.4. The summed E-state index contributed by atoms with van der Waals surface area (Å²) in [4.78, 5) is 45.3. The van der Waals surface area contributed by atoms with Gasteiger partial charge in [0.1, 0.15) is 18.1 Å². The summed E-state index contributed by atoms with van der Waals surface area (Å²) in [5.41, 5.74) is 5.28. The van der Waals surface area contributed by atoms with Gasteiger partial charge in [-0.05, 0) is 12.8 Å². The van der Waals surface area contributed by atoms with Gasteiger partial charge in [-0.15, -0.1) is 0 Å². The van der Waals surface area contributed by atoms with E-state index >= 15 is 0 Å². The molecule has 0 aliphatic heterocycles. The van der Waals surface area contributed by atoms with Gasteiger partial charge in [-0.2, -0.15) is 12.6 Å². The minimum absolute atomic E-state index is 0.0268. The second kappa shape index (κ2) is 10.8. The number of hydrogen-bond donors (Lipinski definition) is 6. The van der Waals surface area contributed by atoms with Crippen molar-refractivity contribution in [1.29, 1.82) is 0 Å². The molecule has 0 aromatic rings. The van der Waals surface area contributed by atoms with E-state index < -0.39 is 41.9 Å². The first-order chi connectivity index (χ1) is 10.7. The summed E-state index contributed by atoms with van der Waals surface area (Å²) in [6.07, 6.45) is 0.599. The molecule has 0 bridgehead atoms. The summed E-state index contributed by atoms with van der Waals surface area (Å²) in [5, 5.41) is 22.3. The number of carboxylic acid groups (broad SMARTS) is 2. The van der Waals surface area contributed by atoms with E-state index in [1.54, 1.807) is 6.92 Å². The first-order valence-corrected chi connectivity index (χ1v) is 7.77. The van der Waals surface area contributed by atoms with E-state index in [2.05, 4.69) is 23.3 Å². The second-order valence-corrected chi connectivity index (χ2v) is 5.34. The zero-order chi connectivity index (χ0) is 18.0. The van der Waals surface area contributed by atoms with E-state index in [1.165, 1.54) is 0 Å². The molecule has 0 spiro atoms. The molecule has 2 amide bonds. The average Bonchev–Trinajstić information content (AvgIpc) is 2.49. The largest absolute Gasteiger partial charge is 0.480 e. The third kappa shape index (κ3) is 8.41. The number of carbonyl (C=O) groups excluding carboxylic acids is 2. The van der Waals surface area contributed by atoms with E-state index in [1.807, 2.05) is 0 Å². The van der Waals surface area contributed by atoms with Gasteiger partial charge >= 0.3 is 11.9 Å². The van der Waals surface area contributed by atoms with Gasteiger partial charge in [0.15, 0.2) is 0 Å². The van der Waals surface area contributed by atoms with Gasteiger partial charge in [-0.3, -0.25) is 14.4 Å². The first kappa shape index (κ1) is 21.2. The third-order valence-corrected chi connectivity index (χ3v) is 3.39. The van der Waals surface area contributed by atoms with Crippen LogP contribution < -0.4 is 16.4 Å². The second-order valence-electron chi connectivity index (χ2n) is 4.97. The molecule has 0 rings (SSSR count). The molecule has 0 aliphatic rings. The first-order valence-electron chi connectivity index (χ1n) is 7.14. The van der Waals surface area contributed by atoms with Crippen molar-refractivity contribution < 1.29 is 29.4 Å². The molecular weight excluding hydrogens is 326 g/mol. The lowest BCUT2D eigenvalue weighted by atomic mass is 10.1. The molecule has 0 aromatic carbocycles. The summed E-state index contributed by atoms with van der Waals surface area (Å²) in [6.45, 7) is 1.78. The summed E-state index contributed by atoms with van der Waals surface area (Å²) in [6, 6.07) is -3.21. The number of nitrogens with two attached hydrogens (primary N) is 1. The number of carbonyl (C=O) groups is 4. The molecule has 0 radical (unpaired) electrons. The molecule has 0 fully saturated rings. The van der Waals surface area contributed by atoms with Crippen molar-refractivity contribution in [2.24, 2.45) is 5.73 Å². The molecule has 23 heavy (non-hydrogen) atoms. The van der Waals surface area contributed by atoms with Crippen LogP contribution in [0.25, 0.3) is 0 Å². The molecule has 3 unspecified atom stereocenters. The number of amides is 2. The average molecular weight is 349 g/mol. The van der Waals surface area contributed by atoms with Crippen molar-refractivity contribution >= 4 is 36.4 Å². The zero-order valence-electron chi connectivity index (χ0n) is 12.8. The lowest BCUT2D eigenvalue weighted by Crippen LogP contribution is -2.52. The van der Waals surface area contributed by atoms with Crippen molar-refractivity contribution in [3.63, 3.8) is 0 Å². The van der Waals surface area contributed by atoms with E-state index in [0.29, 0.717) is 6.42 Å². The van der Waals surface area contributed by atoms with Gasteiger partial charge in [0.05, 0.1) is 0 Å². The fraction of sp³-hybridized carbons (Fsp3) is 0.692. The number of hydrogen-bond acceptors (Lipinski definition) is 6. The number of carboxylic acids is 2. The topological polar surface area (TPSA) is 159 Å². The van der Waals surface area contributed by atoms with E-state index in [-0.39, 0.29) is 25.0 Å². The predicted molar refractivity (Wildman–Crippen MR) is 85.1 cm³/mol. The van der Waals surface area contributed by atoms with Crippen LogP contribution in [0.15, 0.2) is 0 Å². The summed E-state index contributed by atoms with van der Waals surface area (Å²) in [7, 11) is 0. The van der Waals surface area contributed by atoms with Crippen molar-refractivity contribution in [2.45, 2.75) is 50.7 Å². The molecule has 0 aromatic heterocycles. The number of nitrogens with one attached hydrogen (secondary N) is 2. The van der Waals surface area contributed by atoms with Crippen LogP contribution in [0.3, 0.4) is 0 Å². The Labute approximate surface area is 139 Å². The number of aliphatic carboxylic acids is 2. The van der Waals surface area contributed by atoms with E-state index in [9.17, 15) is 19.2 Å². The van der Waals surface area contributed by atoms with Crippen molar-refractivity contribution in [1.82, 2.24) is 10.6 Å². The Hall–Kier alpha value is -1.81. The summed E-state index contributed by atoms with van der Waals surface area (Å²) >= 11 is 3.96. The van der Waals surface area contributed by atoms with Gasteiger partial charge in [0.25, 0.3) is 0 Å². The Bertz CT molecular complexity index is 445. The Morgan fingerprint density at radius 2 is 1.65 bits per heavy atom. The predicted octanol–water partition coefficient (Wildman–Crippen LogP) is -1.04. The van der Waals surface area contributed by atoms with Crippen molar-refractivity contribution in [2.75, 3.05) is 5.75 Å². The maximum absolute atomic E-state index is 12.0. The highest BCUT2D eigenvalue weighted by molar-refractivity contribution is 7.80. The quantitative estimate of drug-likeness (QED) is 0.260. The van der Waals surface area contributed by atoms with Gasteiger partial charge in [0.2, 0.25) is 11.8 Å².